The van der Waals surface area contributed by atoms with Crippen LogP contribution in [0.3, 0.4) is 0 Å². The number of carbonyl (C=O) groups is 1. The SMILES string of the molecule is [2H]C([2H])=Cc1cccc(F)c1-c1cc2c(cc1Cl)c(N1[C@@H](C)CN(C(=O)C(=C)F)C[C@@H]1C)nc(=O)n2-c1c(C(C)C)ccnc1C(C)C. The van der Waals surface area contributed by atoms with Crippen LogP contribution >= 0.6 is 11.6 Å². The molecule has 3 heterocycles. The van der Waals surface area contributed by atoms with E-state index in [0.29, 0.717) is 28.1 Å². The van der Waals surface area contributed by atoms with Crippen LogP contribution in [0.5, 0.6) is 0 Å². The van der Waals surface area contributed by atoms with Crippen LogP contribution in [-0.2, 0) is 4.79 Å². The zero-order valence-corrected chi connectivity index (χ0v) is 27.5. The molecule has 2 atom stereocenters. The smallest absolute Gasteiger partial charge is 0.347 e. The van der Waals surface area contributed by atoms with Crippen molar-refractivity contribution < 1.29 is 16.3 Å². The highest BCUT2D eigenvalue weighted by molar-refractivity contribution is 6.34. The molecule has 4 aromatic rings. The number of piperazine rings is 1. The van der Waals surface area contributed by atoms with E-state index in [1.807, 2.05) is 52.5 Å². The Labute approximate surface area is 275 Å². The second kappa shape index (κ2) is 12.8. The Hall–Kier alpha value is -4.37. The number of carbonyl (C=O) groups excluding carboxylic acids is 1. The van der Waals surface area contributed by atoms with Gasteiger partial charge in [0.2, 0.25) is 0 Å². The molecule has 7 nitrogen and oxygen atoms in total. The van der Waals surface area contributed by atoms with E-state index in [9.17, 15) is 14.0 Å². The highest BCUT2D eigenvalue weighted by atomic mass is 35.5. The number of anilines is 1. The average molecular weight is 648 g/mol. The summed E-state index contributed by atoms with van der Waals surface area (Å²) in [5.41, 5.74) is 2.56. The molecule has 0 radical (unpaired) electrons. The number of pyridine rings is 1. The first-order valence-electron chi connectivity index (χ1n) is 16.2. The number of halogens is 3. The normalized spacial score (nSPS) is 17.4. The number of aromatic nitrogens is 3. The van der Waals surface area contributed by atoms with Gasteiger partial charge >= 0.3 is 5.69 Å². The average Bonchev–Trinajstić information content (AvgIpc) is 3.00. The number of benzene rings is 2. The van der Waals surface area contributed by atoms with Crippen molar-refractivity contribution in [2.24, 2.45) is 0 Å². The predicted octanol–water partition coefficient (Wildman–Crippen LogP) is 8.04. The van der Waals surface area contributed by atoms with Crippen LogP contribution in [0.2, 0.25) is 5.02 Å². The van der Waals surface area contributed by atoms with E-state index < -0.39 is 29.8 Å². The van der Waals surface area contributed by atoms with Crippen molar-refractivity contribution >= 4 is 40.3 Å². The van der Waals surface area contributed by atoms with E-state index in [1.54, 1.807) is 24.4 Å². The number of amides is 1. The second-order valence-electron chi connectivity index (χ2n) is 12.4. The molecule has 0 spiro atoms. The van der Waals surface area contributed by atoms with E-state index in [0.717, 1.165) is 5.56 Å². The van der Waals surface area contributed by atoms with Crippen molar-refractivity contribution in [2.75, 3.05) is 18.0 Å². The van der Waals surface area contributed by atoms with Crippen molar-refractivity contribution in [3.05, 3.63) is 99.7 Å². The van der Waals surface area contributed by atoms with Crippen LogP contribution in [0.15, 0.2) is 66.3 Å². The fourth-order valence-electron chi connectivity index (χ4n) is 6.48. The lowest BCUT2D eigenvalue weighted by molar-refractivity contribution is -0.129. The van der Waals surface area contributed by atoms with Gasteiger partial charge in [-0.2, -0.15) is 4.98 Å². The molecule has 0 bridgehead atoms. The minimum Gasteiger partial charge on any atom is -0.347 e. The molecule has 2 aromatic heterocycles. The lowest BCUT2D eigenvalue weighted by atomic mass is 9.95. The van der Waals surface area contributed by atoms with Crippen molar-refractivity contribution in [3.63, 3.8) is 0 Å². The summed E-state index contributed by atoms with van der Waals surface area (Å²) in [6.45, 7) is 14.7. The number of fused-ring (bicyclic) bond motifs is 1. The van der Waals surface area contributed by atoms with Crippen LogP contribution in [0.4, 0.5) is 14.6 Å². The van der Waals surface area contributed by atoms with Gasteiger partial charge in [-0.3, -0.25) is 14.3 Å². The van der Waals surface area contributed by atoms with Crippen LogP contribution in [0, 0.1) is 5.82 Å². The highest BCUT2D eigenvalue weighted by Gasteiger charge is 2.35. The van der Waals surface area contributed by atoms with Crippen LogP contribution in [-0.4, -0.2) is 50.5 Å². The van der Waals surface area contributed by atoms with Gasteiger partial charge in [0.05, 0.1) is 19.6 Å². The van der Waals surface area contributed by atoms with Gasteiger partial charge in [0, 0.05) is 52.9 Å². The quantitative estimate of drug-likeness (QED) is 0.190. The fourth-order valence-corrected chi connectivity index (χ4v) is 6.73. The summed E-state index contributed by atoms with van der Waals surface area (Å²) < 4.78 is 46.5. The molecule has 1 aliphatic rings. The maximum Gasteiger partial charge on any atom is 0.354 e. The third kappa shape index (κ3) is 5.73. The molecule has 10 heteroatoms. The third-order valence-corrected chi connectivity index (χ3v) is 8.80. The Bertz CT molecular complexity index is 1990. The molecule has 1 aliphatic heterocycles. The Kier molecular flexibility index (Phi) is 8.42. The maximum atomic E-state index is 15.7. The van der Waals surface area contributed by atoms with E-state index in [1.165, 1.54) is 27.7 Å². The Balaban J connectivity index is 1.89. The van der Waals surface area contributed by atoms with E-state index >= 15 is 4.39 Å². The standard InChI is InChI=1S/C36H38ClF2N5O2/c1-9-24-11-10-12-29(39)31(24)26-16-30-27(15-28(26)37)34(43-21(6)17-42(18-22(43)7)35(45)23(8)38)41-36(46)44(30)33-25(19(2)3)13-14-40-32(33)20(4)5/h9-16,19-22H,1,8,17-18H2,2-7H3/t21-,22-/m0/s1/i1D2. The van der Waals surface area contributed by atoms with Crippen molar-refractivity contribution in [1.82, 2.24) is 19.4 Å². The lowest BCUT2D eigenvalue weighted by Crippen LogP contribution is -2.59. The molecule has 5 rings (SSSR count). The van der Waals surface area contributed by atoms with Gasteiger partial charge in [0.15, 0.2) is 5.83 Å². The molecular weight excluding hydrogens is 608 g/mol. The minimum atomic E-state index is -1.04. The lowest BCUT2D eigenvalue weighted by Gasteiger charge is -2.45. The maximum absolute atomic E-state index is 15.7. The van der Waals surface area contributed by atoms with Gasteiger partial charge in [-0.25, -0.2) is 13.6 Å². The van der Waals surface area contributed by atoms with Gasteiger partial charge in [-0.1, -0.05) is 70.6 Å². The molecule has 0 unspecified atom stereocenters. The van der Waals surface area contributed by atoms with Crippen molar-refractivity contribution in [2.45, 2.75) is 65.5 Å². The topological polar surface area (TPSA) is 71.3 Å². The first-order chi connectivity index (χ1) is 22.6. The van der Waals surface area contributed by atoms with E-state index in [4.69, 9.17) is 14.3 Å². The molecular formula is C36H38ClF2N5O2. The molecule has 2 aromatic carbocycles. The summed E-state index contributed by atoms with van der Waals surface area (Å²) in [4.78, 5) is 39.6. The molecule has 1 saturated heterocycles. The molecule has 1 fully saturated rings. The van der Waals surface area contributed by atoms with Gasteiger partial charge in [0.1, 0.15) is 11.6 Å². The Morgan fingerprint density at radius 2 is 1.83 bits per heavy atom. The van der Waals surface area contributed by atoms with Crippen molar-refractivity contribution in [1.29, 1.82) is 0 Å². The molecule has 1 amide bonds. The highest BCUT2D eigenvalue weighted by Crippen LogP contribution is 2.41. The largest absolute Gasteiger partial charge is 0.354 e. The van der Waals surface area contributed by atoms with Gasteiger partial charge in [-0.15, -0.1) is 0 Å². The molecule has 240 valence electrons. The summed E-state index contributed by atoms with van der Waals surface area (Å²) in [5, 5.41) is 0.661. The zero-order valence-electron chi connectivity index (χ0n) is 28.7. The molecule has 0 N–H and O–H groups in total. The summed E-state index contributed by atoms with van der Waals surface area (Å²) in [7, 11) is 0. The van der Waals surface area contributed by atoms with Crippen LogP contribution in [0.1, 0.15) is 72.9 Å². The summed E-state index contributed by atoms with van der Waals surface area (Å²) in [5.74, 6) is -2.19. The third-order valence-electron chi connectivity index (χ3n) is 8.49. The Morgan fingerprint density at radius 1 is 1.13 bits per heavy atom. The van der Waals surface area contributed by atoms with Crippen LogP contribution < -0.4 is 10.6 Å². The first-order valence-corrected chi connectivity index (χ1v) is 15.6. The summed E-state index contributed by atoms with van der Waals surface area (Å²) in [6.07, 6.45) is 2.95. The predicted molar refractivity (Wildman–Crippen MR) is 182 cm³/mol. The minimum absolute atomic E-state index is 0.000601. The van der Waals surface area contributed by atoms with E-state index in [-0.39, 0.29) is 58.7 Å². The number of rotatable bonds is 7. The molecule has 0 aliphatic carbocycles. The molecule has 46 heavy (non-hydrogen) atoms. The van der Waals surface area contributed by atoms with Gasteiger partial charge in [-0.05, 0) is 61.1 Å². The number of hydrogen-bond donors (Lipinski definition) is 0. The number of nitrogens with zero attached hydrogens (tertiary/aromatic N) is 5. The fraction of sp³-hybridized carbons (Fsp3) is 0.333. The van der Waals surface area contributed by atoms with Crippen LogP contribution in [0.25, 0.3) is 33.8 Å². The molecule has 0 saturated carbocycles. The summed E-state index contributed by atoms with van der Waals surface area (Å²) in [6, 6.07) is 8.77. The van der Waals surface area contributed by atoms with Gasteiger partial charge in [0.25, 0.3) is 5.91 Å². The zero-order chi connectivity index (χ0) is 35.2. The van der Waals surface area contributed by atoms with E-state index in [2.05, 4.69) is 16.5 Å². The second-order valence-corrected chi connectivity index (χ2v) is 12.8. The summed E-state index contributed by atoms with van der Waals surface area (Å²) >= 11 is 6.97. The Morgan fingerprint density at radius 3 is 2.43 bits per heavy atom. The van der Waals surface area contributed by atoms with Gasteiger partial charge < -0.3 is 9.80 Å². The monoisotopic (exact) mass is 647 g/mol. The van der Waals surface area contributed by atoms with Crippen molar-refractivity contribution in [3.8, 4) is 16.8 Å². The first kappa shape index (κ1) is 30.3. The number of hydrogen-bond acceptors (Lipinski definition) is 5.